The van der Waals surface area contributed by atoms with Gasteiger partial charge in [0.2, 0.25) is 0 Å². The van der Waals surface area contributed by atoms with Gasteiger partial charge in [-0.2, -0.15) is 5.10 Å². The molecule has 0 atom stereocenters. The predicted octanol–water partition coefficient (Wildman–Crippen LogP) is 3.13. The molecule has 1 aromatic carbocycles. The van der Waals surface area contributed by atoms with Crippen molar-refractivity contribution in [3.8, 4) is 11.5 Å². The summed E-state index contributed by atoms with van der Waals surface area (Å²) in [7, 11) is 0. The number of hydrogen-bond donors (Lipinski definition) is 1. The van der Waals surface area contributed by atoms with E-state index in [1.165, 1.54) is 12.8 Å². The monoisotopic (exact) mass is 470 g/mol. The summed E-state index contributed by atoms with van der Waals surface area (Å²) in [6, 6.07) is 7.22. The zero-order valence-electron chi connectivity index (χ0n) is 19.1. The first-order valence-electron chi connectivity index (χ1n) is 11.4. The van der Waals surface area contributed by atoms with Crippen LogP contribution in [-0.4, -0.2) is 64.3 Å². The van der Waals surface area contributed by atoms with Crippen LogP contribution in [0.5, 0.6) is 11.5 Å². The van der Waals surface area contributed by atoms with Crippen LogP contribution in [0.2, 0.25) is 0 Å². The summed E-state index contributed by atoms with van der Waals surface area (Å²) in [6.45, 7) is 7.56. The highest BCUT2D eigenvalue weighted by Crippen LogP contribution is 2.29. The topological polar surface area (TPSA) is 94.4 Å². The van der Waals surface area contributed by atoms with Gasteiger partial charge in [-0.3, -0.25) is 4.79 Å². The van der Waals surface area contributed by atoms with Crippen LogP contribution < -0.4 is 19.7 Å². The quantitative estimate of drug-likeness (QED) is 0.337. The van der Waals surface area contributed by atoms with Gasteiger partial charge >= 0.3 is 0 Å². The van der Waals surface area contributed by atoms with Crippen molar-refractivity contribution < 1.29 is 14.3 Å². The lowest BCUT2D eigenvalue weighted by molar-refractivity contribution is -0.123. The van der Waals surface area contributed by atoms with Crippen molar-refractivity contribution in [3.63, 3.8) is 0 Å². The fourth-order valence-corrected chi connectivity index (χ4v) is 4.31. The molecule has 176 valence electrons. The minimum atomic E-state index is -0.185. The van der Waals surface area contributed by atoms with Gasteiger partial charge in [-0.15, -0.1) is 0 Å². The van der Waals surface area contributed by atoms with Crippen LogP contribution in [0.1, 0.15) is 26.7 Å². The van der Waals surface area contributed by atoms with Gasteiger partial charge in [-0.1, -0.05) is 18.7 Å². The van der Waals surface area contributed by atoms with Crippen molar-refractivity contribution in [3.05, 3.63) is 30.5 Å². The molecule has 1 aliphatic rings. The minimum Gasteiger partial charge on any atom is -0.494 e. The minimum absolute atomic E-state index is 0.0492. The Labute approximate surface area is 197 Å². The van der Waals surface area contributed by atoms with Gasteiger partial charge in [0.15, 0.2) is 17.4 Å². The zero-order valence-corrected chi connectivity index (χ0v) is 19.9. The van der Waals surface area contributed by atoms with Crippen molar-refractivity contribution in [1.29, 1.82) is 0 Å². The second-order valence-corrected chi connectivity index (χ2v) is 8.84. The molecule has 0 radical (unpaired) electrons. The Hall–Kier alpha value is -3.01. The number of benzene rings is 1. The lowest BCUT2D eigenvalue weighted by Gasteiger charge is -2.17. The van der Waals surface area contributed by atoms with E-state index in [0.717, 1.165) is 46.6 Å². The summed E-state index contributed by atoms with van der Waals surface area (Å²) in [6.07, 6.45) is 4.20. The number of carbonyl (C=O) groups excluding carboxylic acids is 1. The van der Waals surface area contributed by atoms with E-state index in [1.54, 1.807) is 23.9 Å². The lowest BCUT2D eigenvalue weighted by Crippen LogP contribution is -2.31. The first kappa shape index (κ1) is 23.2. The van der Waals surface area contributed by atoms with Crippen LogP contribution in [0.3, 0.4) is 0 Å². The second kappa shape index (κ2) is 11.2. The van der Waals surface area contributed by atoms with E-state index in [-0.39, 0.29) is 12.5 Å². The van der Waals surface area contributed by atoms with Gasteiger partial charge in [0.05, 0.1) is 24.7 Å². The molecule has 0 bridgehead atoms. The average molecular weight is 471 g/mol. The number of fused-ring (bicyclic) bond motifs is 1. The number of ether oxygens (including phenoxy) is 2. The molecule has 10 heteroatoms. The largest absolute Gasteiger partial charge is 0.494 e. The first-order chi connectivity index (χ1) is 16.2. The van der Waals surface area contributed by atoms with E-state index in [2.05, 4.69) is 22.2 Å². The number of anilines is 1. The highest BCUT2D eigenvalue weighted by molar-refractivity contribution is 7.99. The Balaban J connectivity index is 1.34. The number of nitrogens with one attached hydrogen (secondary N) is 1. The van der Waals surface area contributed by atoms with E-state index in [0.29, 0.717) is 25.4 Å². The smallest absolute Gasteiger partial charge is 0.258 e. The molecule has 0 spiro atoms. The molecule has 1 saturated heterocycles. The molecule has 1 fully saturated rings. The summed E-state index contributed by atoms with van der Waals surface area (Å²) in [5, 5.41) is 9.14. The Morgan fingerprint density at radius 1 is 1.09 bits per heavy atom. The van der Waals surface area contributed by atoms with Gasteiger partial charge in [-0.25, -0.2) is 14.6 Å². The molecule has 3 aromatic rings. The number of hydrogen-bond acceptors (Lipinski definition) is 8. The molecule has 33 heavy (non-hydrogen) atoms. The fourth-order valence-electron chi connectivity index (χ4n) is 3.75. The van der Waals surface area contributed by atoms with Gasteiger partial charge in [0.1, 0.15) is 17.3 Å². The summed E-state index contributed by atoms with van der Waals surface area (Å²) < 4.78 is 12.8. The Bertz CT molecular complexity index is 1070. The summed E-state index contributed by atoms with van der Waals surface area (Å²) in [5.41, 5.74) is 0.808. The zero-order chi connectivity index (χ0) is 23.0. The standard InChI is InChI=1S/C23H30N6O3S/c1-3-31-17-7-9-18(10-8-17)32-16-20(30)24-11-14-29-22-19(15-25-29)21(28-12-5-6-13-28)26-23(27-22)33-4-2/h7-10,15H,3-6,11-14,16H2,1-2H3,(H,24,30). The van der Waals surface area contributed by atoms with Crippen LogP contribution in [0.15, 0.2) is 35.6 Å². The van der Waals surface area contributed by atoms with Crippen LogP contribution in [0, 0.1) is 0 Å². The molecule has 9 nitrogen and oxygen atoms in total. The number of carbonyl (C=O) groups is 1. The summed E-state index contributed by atoms with van der Waals surface area (Å²) in [4.78, 5) is 24.1. The maximum atomic E-state index is 12.2. The van der Waals surface area contributed by atoms with Crippen LogP contribution in [0.4, 0.5) is 5.82 Å². The van der Waals surface area contributed by atoms with E-state index in [1.807, 2.05) is 29.9 Å². The van der Waals surface area contributed by atoms with Crippen molar-refractivity contribution in [2.75, 3.05) is 43.5 Å². The first-order valence-corrected chi connectivity index (χ1v) is 12.4. The van der Waals surface area contributed by atoms with Gasteiger partial charge < -0.3 is 19.7 Å². The fraction of sp³-hybridized carbons (Fsp3) is 0.478. The number of nitrogens with zero attached hydrogens (tertiary/aromatic N) is 5. The van der Waals surface area contributed by atoms with E-state index < -0.39 is 0 Å². The molecule has 0 aliphatic carbocycles. The van der Waals surface area contributed by atoms with Crippen LogP contribution >= 0.6 is 11.8 Å². The molecule has 4 rings (SSSR count). The predicted molar refractivity (Wildman–Crippen MR) is 129 cm³/mol. The molecule has 1 amide bonds. The Morgan fingerprint density at radius 3 is 2.52 bits per heavy atom. The van der Waals surface area contributed by atoms with E-state index in [9.17, 15) is 4.79 Å². The molecule has 0 unspecified atom stereocenters. The number of amides is 1. The Morgan fingerprint density at radius 2 is 1.82 bits per heavy atom. The van der Waals surface area contributed by atoms with Crippen LogP contribution in [-0.2, 0) is 11.3 Å². The van der Waals surface area contributed by atoms with Crippen molar-refractivity contribution in [2.45, 2.75) is 38.4 Å². The molecular weight excluding hydrogens is 440 g/mol. The third kappa shape index (κ3) is 5.87. The van der Waals surface area contributed by atoms with Crippen molar-refractivity contribution in [2.24, 2.45) is 0 Å². The van der Waals surface area contributed by atoms with Gasteiger partial charge in [0, 0.05) is 19.6 Å². The second-order valence-electron chi connectivity index (χ2n) is 7.60. The highest BCUT2D eigenvalue weighted by atomic mass is 32.2. The van der Waals surface area contributed by atoms with Gasteiger partial charge in [0.25, 0.3) is 5.91 Å². The Kier molecular flexibility index (Phi) is 7.87. The molecular formula is C23H30N6O3S. The molecule has 3 heterocycles. The molecule has 0 saturated carbocycles. The molecule has 1 N–H and O–H groups in total. The van der Waals surface area contributed by atoms with E-state index in [4.69, 9.17) is 19.4 Å². The molecule has 1 aliphatic heterocycles. The normalized spacial score (nSPS) is 13.5. The van der Waals surface area contributed by atoms with Gasteiger partial charge in [-0.05, 0) is 49.8 Å². The molecule has 2 aromatic heterocycles. The highest BCUT2D eigenvalue weighted by Gasteiger charge is 2.20. The third-order valence-corrected chi connectivity index (χ3v) is 6.01. The van der Waals surface area contributed by atoms with E-state index >= 15 is 0 Å². The number of aromatic nitrogens is 4. The number of thioether (sulfide) groups is 1. The van der Waals surface area contributed by atoms with Crippen molar-refractivity contribution >= 4 is 34.5 Å². The maximum Gasteiger partial charge on any atom is 0.258 e. The summed E-state index contributed by atoms with van der Waals surface area (Å²) in [5.74, 6) is 3.09. The third-order valence-electron chi connectivity index (χ3n) is 5.29. The SMILES string of the molecule is CCOc1ccc(OCC(=O)NCCn2ncc3c(N4CCCC4)nc(SCC)nc32)cc1. The van der Waals surface area contributed by atoms with Crippen LogP contribution in [0.25, 0.3) is 11.0 Å². The average Bonchev–Trinajstić information content (AvgIpc) is 3.49. The summed E-state index contributed by atoms with van der Waals surface area (Å²) >= 11 is 1.63. The van der Waals surface area contributed by atoms with Crippen molar-refractivity contribution in [1.82, 2.24) is 25.1 Å². The lowest BCUT2D eigenvalue weighted by atomic mass is 10.3. The maximum absolute atomic E-state index is 12.2. The number of rotatable bonds is 11.